The number of aromatic amines is 1. The maximum absolute atomic E-state index is 5.21. The quantitative estimate of drug-likeness (QED) is 0.558. The van der Waals surface area contributed by atoms with E-state index in [2.05, 4.69) is 68.4 Å². The number of para-hydroxylation sites is 1. The summed E-state index contributed by atoms with van der Waals surface area (Å²) in [6.45, 7) is 2.15. The van der Waals surface area contributed by atoms with Crippen LogP contribution in [0, 0.1) is 5.92 Å². The molecule has 0 unspecified atom stereocenters. The summed E-state index contributed by atoms with van der Waals surface area (Å²) in [6.07, 6.45) is 11.0. The second-order valence-electron chi connectivity index (χ2n) is 7.34. The van der Waals surface area contributed by atoms with Crippen LogP contribution < -0.4 is 5.32 Å². The van der Waals surface area contributed by atoms with Gasteiger partial charge in [0.15, 0.2) is 5.82 Å². The van der Waals surface area contributed by atoms with Gasteiger partial charge in [-0.05, 0) is 60.2 Å². The van der Waals surface area contributed by atoms with Gasteiger partial charge in [-0.3, -0.25) is 0 Å². The van der Waals surface area contributed by atoms with Crippen molar-refractivity contribution in [2.75, 3.05) is 20.3 Å². The van der Waals surface area contributed by atoms with Gasteiger partial charge in [-0.15, -0.1) is 5.10 Å². The number of hydrogen-bond donors (Lipinski definition) is 2. The Morgan fingerprint density at radius 2 is 2.25 bits per heavy atom. The summed E-state index contributed by atoms with van der Waals surface area (Å²) < 4.78 is 7.10. The standard InChI is InChI=1S/C21H28N6O/c1-28-14-13-27-21(24-25-26-27)20(16-7-3-2-4-8-16)22-12-11-17-15-23-19-10-6-5-9-18(17)19/h2-3,5-6,9-10,15-16,20,22-23H,4,7-8,11-14H2,1H3/t16-,20-/m0/s1. The van der Waals surface area contributed by atoms with Crippen LogP contribution >= 0.6 is 0 Å². The first-order chi connectivity index (χ1) is 13.9. The van der Waals surface area contributed by atoms with E-state index < -0.39 is 0 Å². The lowest BCUT2D eigenvalue weighted by molar-refractivity contribution is 0.179. The van der Waals surface area contributed by atoms with Gasteiger partial charge in [-0.1, -0.05) is 30.4 Å². The van der Waals surface area contributed by atoms with Crippen LogP contribution in [0.5, 0.6) is 0 Å². The molecule has 2 heterocycles. The summed E-state index contributed by atoms with van der Waals surface area (Å²) in [7, 11) is 1.70. The SMILES string of the molecule is COCCn1nnnc1[C@@H](NCCc1c[nH]c2ccccc12)[C@H]1CC=CCC1. The largest absolute Gasteiger partial charge is 0.383 e. The fourth-order valence-electron chi connectivity index (χ4n) is 4.06. The number of H-pyrrole nitrogens is 1. The maximum atomic E-state index is 5.21. The van der Waals surface area contributed by atoms with Crippen molar-refractivity contribution in [3.8, 4) is 0 Å². The highest BCUT2D eigenvalue weighted by Gasteiger charge is 2.28. The van der Waals surface area contributed by atoms with Crippen LogP contribution in [0.2, 0.25) is 0 Å². The van der Waals surface area contributed by atoms with E-state index in [9.17, 15) is 0 Å². The third kappa shape index (κ3) is 4.15. The Morgan fingerprint density at radius 1 is 1.32 bits per heavy atom. The monoisotopic (exact) mass is 380 g/mol. The number of benzene rings is 1. The van der Waals surface area contributed by atoms with Crippen LogP contribution in [0.3, 0.4) is 0 Å². The van der Waals surface area contributed by atoms with Crippen LogP contribution in [0.4, 0.5) is 0 Å². The average Bonchev–Trinajstić information content (AvgIpc) is 3.37. The smallest absolute Gasteiger partial charge is 0.168 e. The third-order valence-corrected chi connectivity index (χ3v) is 5.56. The molecule has 28 heavy (non-hydrogen) atoms. The van der Waals surface area contributed by atoms with E-state index in [1.807, 2.05) is 4.68 Å². The first-order valence-electron chi connectivity index (χ1n) is 10.0. The number of nitrogens with zero attached hydrogens (tertiary/aromatic N) is 4. The second kappa shape index (κ2) is 9.12. The molecule has 0 bridgehead atoms. The molecule has 148 valence electrons. The molecule has 0 radical (unpaired) electrons. The normalized spacial score (nSPS) is 18.0. The molecule has 0 amide bonds. The first kappa shape index (κ1) is 18.8. The summed E-state index contributed by atoms with van der Waals surface area (Å²) in [4.78, 5) is 3.36. The van der Waals surface area contributed by atoms with E-state index in [1.54, 1.807) is 7.11 Å². The van der Waals surface area contributed by atoms with E-state index in [4.69, 9.17) is 4.74 Å². The second-order valence-corrected chi connectivity index (χ2v) is 7.34. The van der Waals surface area contributed by atoms with Gasteiger partial charge >= 0.3 is 0 Å². The van der Waals surface area contributed by atoms with Crippen molar-refractivity contribution in [2.24, 2.45) is 5.92 Å². The van der Waals surface area contributed by atoms with Gasteiger partial charge in [0.1, 0.15) is 0 Å². The number of aromatic nitrogens is 5. The van der Waals surface area contributed by atoms with E-state index >= 15 is 0 Å². The van der Waals surface area contributed by atoms with Gasteiger partial charge in [0.25, 0.3) is 0 Å². The lowest BCUT2D eigenvalue weighted by atomic mass is 9.87. The van der Waals surface area contributed by atoms with Crippen LogP contribution in [-0.2, 0) is 17.7 Å². The fraction of sp³-hybridized carbons (Fsp3) is 0.476. The first-order valence-corrected chi connectivity index (χ1v) is 10.0. The lowest BCUT2D eigenvalue weighted by Gasteiger charge is -2.28. The van der Waals surface area contributed by atoms with Crippen LogP contribution in [0.1, 0.15) is 36.7 Å². The summed E-state index contributed by atoms with van der Waals surface area (Å²) in [5.74, 6) is 1.41. The number of hydrogen-bond acceptors (Lipinski definition) is 5. The minimum Gasteiger partial charge on any atom is -0.383 e. The molecule has 0 saturated carbocycles. The average molecular weight is 380 g/mol. The van der Waals surface area contributed by atoms with E-state index in [0.29, 0.717) is 19.1 Å². The van der Waals surface area contributed by atoms with E-state index in [1.165, 1.54) is 16.5 Å². The molecule has 0 spiro atoms. The molecule has 7 heteroatoms. The summed E-state index contributed by atoms with van der Waals surface area (Å²) in [5, 5.41) is 17.5. The number of methoxy groups -OCH3 is 1. The Hall–Kier alpha value is -2.51. The lowest BCUT2D eigenvalue weighted by Crippen LogP contribution is -2.33. The zero-order chi connectivity index (χ0) is 19.2. The molecule has 2 N–H and O–H groups in total. The molecule has 4 rings (SSSR count). The molecular formula is C21H28N6O. The molecule has 7 nitrogen and oxygen atoms in total. The molecule has 0 aliphatic heterocycles. The Labute approximate surface area is 165 Å². The zero-order valence-corrected chi connectivity index (χ0v) is 16.3. The summed E-state index contributed by atoms with van der Waals surface area (Å²) in [6, 6.07) is 8.59. The van der Waals surface area contributed by atoms with Gasteiger partial charge in [-0.25, -0.2) is 4.68 Å². The van der Waals surface area contributed by atoms with Crippen molar-refractivity contribution in [1.29, 1.82) is 0 Å². The third-order valence-electron chi connectivity index (χ3n) is 5.56. The highest BCUT2D eigenvalue weighted by Crippen LogP contribution is 2.30. The molecule has 1 aliphatic carbocycles. The number of fused-ring (bicyclic) bond motifs is 1. The maximum Gasteiger partial charge on any atom is 0.168 e. The number of rotatable bonds is 9. The van der Waals surface area contributed by atoms with Crippen molar-refractivity contribution < 1.29 is 4.74 Å². The number of nitrogens with one attached hydrogen (secondary N) is 2. The predicted molar refractivity (Wildman–Crippen MR) is 109 cm³/mol. The van der Waals surface area contributed by atoms with Gasteiger partial charge in [0.05, 0.1) is 19.2 Å². The summed E-state index contributed by atoms with van der Waals surface area (Å²) >= 11 is 0. The van der Waals surface area contributed by atoms with Gasteiger partial charge < -0.3 is 15.0 Å². The summed E-state index contributed by atoms with van der Waals surface area (Å²) in [5.41, 5.74) is 2.53. The van der Waals surface area contributed by atoms with Crippen LogP contribution in [-0.4, -0.2) is 45.5 Å². The van der Waals surface area contributed by atoms with Crippen LogP contribution in [0.25, 0.3) is 10.9 Å². The Kier molecular flexibility index (Phi) is 6.14. The molecule has 2 atom stereocenters. The Balaban J connectivity index is 1.48. The van der Waals surface area contributed by atoms with Crippen LogP contribution in [0.15, 0.2) is 42.6 Å². The number of ether oxygens (including phenoxy) is 1. The Morgan fingerprint density at radius 3 is 3.11 bits per heavy atom. The van der Waals surface area contributed by atoms with Crippen molar-refractivity contribution in [3.05, 3.63) is 54.0 Å². The molecular weight excluding hydrogens is 352 g/mol. The minimum atomic E-state index is 0.141. The van der Waals surface area contributed by atoms with Crippen molar-refractivity contribution >= 4 is 10.9 Å². The highest BCUT2D eigenvalue weighted by atomic mass is 16.5. The van der Waals surface area contributed by atoms with Crippen molar-refractivity contribution in [2.45, 2.75) is 38.3 Å². The van der Waals surface area contributed by atoms with E-state index in [0.717, 1.165) is 38.1 Å². The molecule has 2 aromatic heterocycles. The molecule has 1 aliphatic rings. The van der Waals surface area contributed by atoms with Gasteiger partial charge in [0.2, 0.25) is 0 Å². The fourth-order valence-corrected chi connectivity index (χ4v) is 4.06. The minimum absolute atomic E-state index is 0.141. The van der Waals surface area contributed by atoms with Gasteiger partial charge in [-0.2, -0.15) is 0 Å². The topological polar surface area (TPSA) is 80.7 Å². The Bertz CT molecular complexity index is 914. The number of allylic oxidation sites excluding steroid dienone is 2. The molecule has 0 fully saturated rings. The van der Waals surface area contributed by atoms with Crippen molar-refractivity contribution in [3.63, 3.8) is 0 Å². The van der Waals surface area contributed by atoms with Gasteiger partial charge in [0, 0.05) is 24.2 Å². The number of tetrazole rings is 1. The molecule has 3 aromatic rings. The predicted octanol–water partition coefficient (Wildman–Crippen LogP) is 3.03. The zero-order valence-electron chi connectivity index (χ0n) is 16.3. The van der Waals surface area contributed by atoms with Crippen molar-refractivity contribution in [1.82, 2.24) is 30.5 Å². The molecule has 1 aromatic carbocycles. The highest BCUT2D eigenvalue weighted by molar-refractivity contribution is 5.83. The van der Waals surface area contributed by atoms with E-state index in [-0.39, 0.29) is 6.04 Å². The molecule has 0 saturated heterocycles.